The first-order valence-electron chi connectivity index (χ1n) is 24.1. The van der Waals surface area contributed by atoms with Crippen LogP contribution < -0.4 is 14.7 Å². The van der Waals surface area contributed by atoms with Crippen molar-refractivity contribution in [3.8, 4) is 16.8 Å². The van der Waals surface area contributed by atoms with Gasteiger partial charge in [-0.25, -0.2) is 0 Å². The third kappa shape index (κ3) is 7.75. The van der Waals surface area contributed by atoms with E-state index < -0.39 is 0 Å². The van der Waals surface area contributed by atoms with Crippen LogP contribution >= 0.6 is 11.3 Å². The first-order valence-corrected chi connectivity index (χ1v) is 24.9. The van der Waals surface area contributed by atoms with Crippen LogP contribution in [0.5, 0.6) is 0 Å². The van der Waals surface area contributed by atoms with Crippen molar-refractivity contribution < 1.29 is 0 Å². The number of benzene rings is 11. The Morgan fingerprint density at radius 2 is 0.690 bits per heavy atom. The molecule has 13 aromatic rings. The zero-order chi connectivity index (χ0) is 47.1. The summed E-state index contributed by atoms with van der Waals surface area (Å²) < 4.78 is 4.87. The highest BCUT2D eigenvalue weighted by atomic mass is 32.1. The van der Waals surface area contributed by atoms with Crippen LogP contribution in [0.4, 0.5) is 51.2 Å². The summed E-state index contributed by atoms with van der Waals surface area (Å²) >= 11 is 1.85. The van der Waals surface area contributed by atoms with Gasteiger partial charge in [0.25, 0.3) is 0 Å². The van der Waals surface area contributed by atoms with Crippen LogP contribution in [0.1, 0.15) is 0 Å². The molecule has 4 nitrogen and oxygen atoms in total. The van der Waals surface area contributed by atoms with Crippen molar-refractivity contribution in [3.63, 3.8) is 0 Å². The van der Waals surface area contributed by atoms with E-state index in [2.05, 4.69) is 298 Å². The Labute approximate surface area is 417 Å². The van der Waals surface area contributed by atoms with E-state index in [1.165, 1.54) is 42.0 Å². The zero-order valence-electron chi connectivity index (χ0n) is 38.8. The Bertz CT molecular complexity index is 3810. The van der Waals surface area contributed by atoms with Gasteiger partial charge in [-0.3, -0.25) is 0 Å². The second-order valence-electron chi connectivity index (χ2n) is 17.8. The molecule has 0 aliphatic rings. The highest BCUT2D eigenvalue weighted by Crippen LogP contribution is 2.46. The molecule has 2 aromatic heterocycles. The van der Waals surface area contributed by atoms with Crippen molar-refractivity contribution in [1.82, 2.24) is 4.57 Å². The molecule has 0 amide bonds. The highest BCUT2D eigenvalue weighted by Gasteiger charge is 2.22. The summed E-state index contributed by atoms with van der Waals surface area (Å²) in [7, 11) is 0. The molecule has 0 bridgehead atoms. The molecule has 11 aromatic carbocycles. The first kappa shape index (κ1) is 42.0. The molecule has 0 unspecified atom stereocenters. The number of fused-ring (bicyclic) bond motifs is 6. The SMILES string of the molecule is c1ccc(N(c2ccccc2)c2cc(-c3ccc4sc5cc(N(c6ccccc6)c6ccc7c(c6)c6ccccc6n7-c6ccccc6)ccc5c4c3)cc(N(c3ccccc3)c3ccccc3)c2)cc1. The Balaban J connectivity index is 0.956. The van der Waals surface area contributed by atoms with Crippen molar-refractivity contribution in [2.45, 2.75) is 0 Å². The zero-order valence-corrected chi connectivity index (χ0v) is 39.6. The summed E-state index contributed by atoms with van der Waals surface area (Å²) in [6.45, 7) is 0. The summed E-state index contributed by atoms with van der Waals surface area (Å²) in [6.07, 6.45) is 0. The van der Waals surface area contributed by atoms with Crippen LogP contribution in [0, 0.1) is 0 Å². The van der Waals surface area contributed by atoms with E-state index in [0.717, 1.165) is 68.0 Å². The quantitative estimate of drug-likeness (QED) is 0.128. The topological polar surface area (TPSA) is 14.7 Å². The van der Waals surface area contributed by atoms with Gasteiger partial charge in [0.2, 0.25) is 0 Å². The summed E-state index contributed by atoms with van der Waals surface area (Å²) in [6, 6.07) is 101. The molecule has 0 fully saturated rings. The van der Waals surface area contributed by atoms with Gasteiger partial charge in [-0.1, -0.05) is 140 Å². The molecule has 0 aliphatic heterocycles. The van der Waals surface area contributed by atoms with Crippen LogP contribution in [0.15, 0.2) is 279 Å². The number of anilines is 9. The maximum Gasteiger partial charge on any atom is 0.0542 e. The molecular weight excluding hydrogens is 881 g/mol. The molecule has 71 heavy (non-hydrogen) atoms. The summed E-state index contributed by atoms with van der Waals surface area (Å²) in [4.78, 5) is 7.12. The van der Waals surface area contributed by atoms with E-state index in [0.29, 0.717) is 0 Å². The van der Waals surface area contributed by atoms with E-state index in [1.54, 1.807) is 0 Å². The van der Waals surface area contributed by atoms with Crippen molar-refractivity contribution in [2.24, 2.45) is 0 Å². The minimum absolute atomic E-state index is 1.07. The van der Waals surface area contributed by atoms with E-state index >= 15 is 0 Å². The Morgan fingerprint density at radius 1 is 0.239 bits per heavy atom. The van der Waals surface area contributed by atoms with Gasteiger partial charge >= 0.3 is 0 Å². The third-order valence-corrected chi connectivity index (χ3v) is 14.6. The molecule has 5 heteroatoms. The molecule has 0 radical (unpaired) electrons. The molecule has 0 saturated heterocycles. The summed E-state index contributed by atoms with van der Waals surface area (Å²) in [5.41, 5.74) is 15.6. The van der Waals surface area contributed by atoms with Crippen LogP contribution in [-0.2, 0) is 0 Å². The molecular formula is C66H46N4S. The Hall–Kier alpha value is -9.16. The Kier molecular flexibility index (Phi) is 10.7. The number of para-hydroxylation sites is 7. The molecule has 0 spiro atoms. The van der Waals surface area contributed by atoms with Gasteiger partial charge in [0.1, 0.15) is 0 Å². The average Bonchev–Trinajstić information content (AvgIpc) is 3.97. The van der Waals surface area contributed by atoms with Gasteiger partial charge in [-0.05, 0) is 151 Å². The summed E-state index contributed by atoms with van der Waals surface area (Å²) in [5, 5.41) is 4.94. The molecule has 0 aliphatic carbocycles. The lowest BCUT2D eigenvalue weighted by atomic mass is 10.00. The normalized spacial score (nSPS) is 11.4. The third-order valence-electron chi connectivity index (χ3n) is 13.5. The van der Waals surface area contributed by atoms with Crippen molar-refractivity contribution in [2.75, 3.05) is 14.7 Å². The number of hydrogen-bond acceptors (Lipinski definition) is 4. The van der Waals surface area contributed by atoms with Gasteiger partial charge < -0.3 is 19.3 Å². The van der Waals surface area contributed by atoms with E-state index in [4.69, 9.17) is 0 Å². The predicted molar refractivity (Wildman–Crippen MR) is 303 cm³/mol. The van der Waals surface area contributed by atoms with Crippen LogP contribution in [0.3, 0.4) is 0 Å². The predicted octanol–water partition coefficient (Wildman–Crippen LogP) is 19.2. The monoisotopic (exact) mass is 926 g/mol. The number of rotatable bonds is 11. The second kappa shape index (κ2) is 18.1. The number of aromatic nitrogens is 1. The van der Waals surface area contributed by atoms with E-state index in [-0.39, 0.29) is 0 Å². The maximum absolute atomic E-state index is 2.40. The molecule has 0 N–H and O–H groups in total. The smallest absolute Gasteiger partial charge is 0.0542 e. The first-order chi connectivity index (χ1) is 35.2. The van der Waals surface area contributed by atoms with Gasteiger partial charge in [0.15, 0.2) is 0 Å². The average molecular weight is 927 g/mol. The van der Waals surface area contributed by atoms with Crippen LogP contribution in [-0.4, -0.2) is 4.57 Å². The highest BCUT2D eigenvalue weighted by molar-refractivity contribution is 7.25. The van der Waals surface area contributed by atoms with Crippen molar-refractivity contribution in [3.05, 3.63) is 279 Å². The van der Waals surface area contributed by atoms with Crippen molar-refractivity contribution in [1.29, 1.82) is 0 Å². The van der Waals surface area contributed by atoms with E-state index in [9.17, 15) is 0 Å². The van der Waals surface area contributed by atoms with Gasteiger partial charge in [0.05, 0.1) is 11.0 Å². The lowest BCUT2D eigenvalue weighted by molar-refractivity contribution is 1.18. The molecule has 13 rings (SSSR count). The maximum atomic E-state index is 2.40. The van der Waals surface area contributed by atoms with Crippen LogP contribution in [0.2, 0.25) is 0 Å². The lowest BCUT2D eigenvalue weighted by Crippen LogP contribution is -2.13. The second-order valence-corrected chi connectivity index (χ2v) is 18.9. The fraction of sp³-hybridized carbons (Fsp3) is 0. The van der Waals surface area contributed by atoms with Gasteiger partial charge in [-0.2, -0.15) is 0 Å². The minimum Gasteiger partial charge on any atom is -0.310 e. The van der Waals surface area contributed by atoms with Gasteiger partial charge in [-0.15, -0.1) is 11.3 Å². The fourth-order valence-corrected chi connectivity index (χ4v) is 11.4. The summed E-state index contributed by atoms with van der Waals surface area (Å²) in [5.74, 6) is 0. The molecule has 2 heterocycles. The molecule has 0 saturated carbocycles. The van der Waals surface area contributed by atoms with Crippen molar-refractivity contribution >= 4 is 105 Å². The number of hydrogen-bond donors (Lipinski definition) is 0. The van der Waals surface area contributed by atoms with Crippen LogP contribution in [0.25, 0.3) is 58.8 Å². The van der Waals surface area contributed by atoms with E-state index in [1.807, 2.05) is 11.3 Å². The largest absolute Gasteiger partial charge is 0.310 e. The Morgan fingerprint density at radius 3 is 1.24 bits per heavy atom. The molecule has 336 valence electrons. The lowest BCUT2D eigenvalue weighted by Gasteiger charge is -2.30. The fourth-order valence-electron chi connectivity index (χ4n) is 10.3. The van der Waals surface area contributed by atoms with Gasteiger partial charge in [0, 0.05) is 87.8 Å². The minimum atomic E-state index is 1.07. The molecule has 0 atom stereocenters. The standard InChI is InChI=1S/C66H46N4S/c1-7-21-49(22-8-1)67(50-23-9-2-10-24-50)57-41-48(42-58(44-57)68(51-25-11-3-12-26-51)52-27-13-4-14-28-52)47-35-40-65-62(43-47)60-38-36-56(46-66(60)71-65)69(53-29-15-5-16-30-53)55-37-39-64-61(45-55)59-33-19-20-34-63(59)70(64)54-31-17-6-18-32-54/h1-46H. The number of nitrogens with zero attached hydrogens (tertiary/aromatic N) is 4. The number of thiophene rings is 1.